The Balaban J connectivity index is 2.02. The maximum absolute atomic E-state index is 13.2. The molecule has 0 N–H and O–H groups in total. The quantitative estimate of drug-likeness (QED) is 0.223. The Morgan fingerprint density at radius 1 is 1.14 bits per heavy atom. The minimum atomic E-state index is -0.807. The number of halogens is 2. The van der Waals surface area contributed by atoms with E-state index in [4.69, 9.17) is 14.2 Å². The van der Waals surface area contributed by atoms with Crippen LogP contribution in [0.3, 0.4) is 0 Å². The molecule has 3 aromatic rings. The average molecular weight is 609 g/mol. The van der Waals surface area contributed by atoms with E-state index in [1.54, 1.807) is 38.3 Å². The van der Waals surface area contributed by atoms with Crippen LogP contribution in [0.15, 0.2) is 49.2 Å². The predicted octanol–water partition coefficient (Wildman–Crippen LogP) is 5.49. The van der Waals surface area contributed by atoms with E-state index >= 15 is 0 Å². The zero-order valence-corrected chi connectivity index (χ0v) is 23.2. The second-order valence-electron chi connectivity index (χ2n) is 7.57. The second kappa shape index (κ2) is 12.3. The van der Waals surface area contributed by atoms with Crippen molar-refractivity contribution in [3.05, 3.63) is 61.0 Å². The van der Waals surface area contributed by atoms with E-state index in [2.05, 4.69) is 41.9 Å². The smallest absolute Gasteiger partial charge is 0.347 e. The molecule has 1 aromatic heterocycles. The second-order valence-corrected chi connectivity index (χ2v) is 9.34. The van der Waals surface area contributed by atoms with Crippen molar-refractivity contribution in [2.45, 2.75) is 46.6 Å². The molecule has 0 amide bonds. The van der Waals surface area contributed by atoms with Crippen LogP contribution in [-0.2, 0) is 16.0 Å². The van der Waals surface area contributed by atoms with Crippen molar-refractivity contribution < 1.29 is 19.0 Å². The highest BCUT2D eigenvalue weighted by Gasteiger charge is 2.19. The third kappa shape index (κ3) is 6.49. The maximum Gasteiger partial charge on any atom is 0.347 e. The molecule has 2 aromatic carbocycles. The van der Waals surface area contributed by atoms with Gasteiger partial charge in [-0.15, -0.1) is 0 Å². The van der Waals surface area contributed by atoms with Crippen LogP contribution >= 0.6 is 31.9 Å². The molecule has 10 heteroatoms. The molecule has 186 valence electrons. The number of hydrogen-bond donors (Lipinski definition) is 0. The van der Waals surface area contributed by atoms with Crippen LogP contribution in [0.4, 0.5) is 0 Å². The third-order valence-corrected chi connectivity index (χ3v) is 6.13. The van der Waals surface area contributed by atoms with Gasteiger partial charge in [0.1, 0.15) is 5.82 Å². The summed E-state index contributed by atoms with van der Waals surface area (Å²) in [5, 5.41) is 4.95. The molecule has 0 saturated heterocycles. The van der Waals surface area contributed by atoms with Gasteiger partial charge in [-0.3, -0.25) is 4.79 Å². The number of esters is 1. The van der Waals surface area contributed by atoms with Gasteiger partial charge in [0.2, 0.25) is 0 Å². The van der Waals surface area contributed by atoms with E-state index < -0.39 is 12.1 Å². The van der Waals surface area contributed by atoms with Crippen molar-refractivity contribution in [2.75, 3.05) is 13.2 Å². The molecule has 8 nitrogen and oxygen atoms in total. The van der Waals surface area contributed by atoms with E-state index in [1.807, 2.05) is 26.0 Å². The summed E-state index contributed by atoms with van der Waals surface area (Å²) >= 11 is 6.94. The number of rotatable bonds is 10. The van der Waals surface area contributed by atoms with Gasteiger partial charge < -0.3 is 14.2 Å². The van der Waals surface area contributed by atoms with Crippen molar-refractivity contribution in [1.82, 2.24) is 9.66 Å². The summed E-state index contributed by atoms with van der Waals surface area (Å²) in [6.45, 7) is 7.89. The molecule has 0 saturated carbocycles. The summed E-state index contributed by atoms with van der Waals surface area (Å²) in [5.41, 5.74) is 1.04. The fourth-order valence-corrected chi connectivity index (χ4v) is 4.11. The molecule has 3 rings (SSSR count). The number of aryl methyl sites for hydroxylation is 1. The molecule has 0 fully saturated rings. The molecule has 0 aliphatic carbocycles. The molecule has 1 heterocycles. The van der Waals surface area contributed by atoms with Gasteiger partial charge in [0, 0.05) is 20.9 Å². The van der Waals surface area contributed by atoms with Crippen molar-refractivity contribution in [3.8, 4) is 11.5 Å². The highest BCUT2D eigenvalue weighted by molar-refractivity contribution is 9.10. The monoisotopic (exact) mass is 607 g/mol. The Bertz CT molecular complexity index is 1310. The summed E-state index contributed by atoms with van der Waals surface area (Å²) in [4.78, 5) is 29.9. The van der Waals surface area contributed by atoms with Gasteiger partial charge >= 0.3 is 5.97 Å². The van der Waals surface area contributed by atoms with Crippen molar-refractivity contribution in [1.29, 1.82) is 0 Å². The highest BCUT2D eigenvalue weighted by Crippen LogP contribution is 2.34. The number of carbonyl (C=O) groups excluding carboxylic acids is 1. The molecular weight excluding hydrogens is 582 g/mol. The first-order chi connectivity index (χ1) is 16.8. The molecule has 0 unspecified atom stereocenters. The Kier molecular flexibility index (Phi) is 9.45. The topological polar surface area (TPSA) is 92.0 Å². The highest BCUT2D eigenvalue weighted by atomic mass is 79.9. The van der Waals surface area contributed by atoms with Crippen LogP contribution in [0, 0.1) is 0 Å². The lowest BCUT2D eigenvalue weighted by Gasteiger charge is -2.17. The lowest BCUT2D eigenvalue weighted by atomic mass is 10.2. The number of benzene rings is 2. The summed E-state index contributed by atoms with van der Waals surface area (Å²) in [5.74, 6) is 0.940. The van der Waals surface area contributed by atoms with Crippen LogP contribution in [-0.4, -0.2) is 41.2 Å². The van der Waals surface area contributed by atoms with Gasteiger partial charge in [-0.1, -0.05) is 22.9 Å². The number of fused-ring (bicyclic) bond motifs is 1. The van der Waals surface area contributed by atoms with Gasteiger partial charge in [0.05, 0.1) is 30.3 Å². The number of aromatic nitrogens is 2. The average Bonchev–Trinajstić information content (AvgIpc) is 2.82. The summed E-state index contributed by atoms with van der Waals surface area (Å²) in [7, 11) is 0. The molecule has 1 atom stereocenters. The number of hydrogen-bond acceptors (Lipinski definition) is 7. The molecule has 0 aliphatic heterocycles. The van der Waals surface area contributed by atoms with Gasteiger partial charge in [-0.2, -0.15) is 9.78 Å². The number of ether oxygens (including phenoxy) is 3. The lowest BCUT2D eigenvalue weighted by molar-refractivity contribution is -0.150. The van der Waals surface area contributed by atoms with Gasteiger partial charge in [-0.25, -0.2) is 9.78 Å². The summed E-state index contributed by atoms with van der Waals surface area (Å²) < 4.78 is 19.3. The minimum absolute atomic E-state index is 0.250. The van der Waals surface area contributed by atoms with Gasteiger partial charge in [0.15, 0.2) is 17.6 Å². The number of nitrogens with zero attached hydrogens (tertiary/aromatic N) is 3. The van der Waals surface area contributed by atoms with E-state index in [1.165, 1.54) is 4.68 Å². The zero-order valence-electron chi connectivity index (χ0n) is 20.0. The van der Waals surface area contributed by atoms with E-state index in [0.29, 0.717) is 51.3 Å². The van der Waals surface area contributed by atoms with Crippen LogP contribution in [0.2, 0.25) is 0 Å². The Morgan fingerprint density at radius 3 is 2.60 bits per heavy atom. The first-order valence-electron chi connectivity index (χ1n) is 11.3. The summed E-state index contributed by atoms with van der Waals surface area (Å²) in [6.07, 6.45) is 2.17. The normalized spacial score (nSPS) is 12.2. The Morgan fingerprint density at radius 2 is 1.91 bits per heavy atom. The van der Waals surface area contributed by atoms with E-state index in [9.17, 15) is 9.59 Å². The van der Waals surface area contributed by atoms with Crippen molar-refractivity contribution >= 4 is 54.9 Å². The first-order valence-corrected chi connectivity index (χ1v) is 12.9. The fourth-order valence-electron chi connectivity index (χ4n) is 3.33. The lowest BCUT2D eigenvalue weighted by Crippen LogP contribution is -2.26. The third-order valence-electron chi connectivity index (χ3n) is 4.95. The SMILES string of the molecule is CCCc1nc2ccc(Br)cc2c(=O)n1N=Cc1cc(OCC)c(O[C@H](C)C(=O)OCC)cc1Br. The standard InChI is InChI=1S/C25H27Br2N3O5/c1-5-8-23-29-20-10-9-17(26)12-18(20)24(31)30(23)28-14-16-11-21(33-6-2)22(13-19(16)27)35-15(4)25(32)34-7-3/h9-15H,5-8H2,1-4H3/t15-/m1/s1. The van der Waals surface area contributed by atoms with Gasteiger partial charge in [-0.05, 0) is 73.5 Å². The number of carbonyl (C=O) groups is 1. The van der Waals surface area contributed by atoms with Crippen LogP contribution in [0.5, 0.6) is 11.5 Å². The Hall–Kier alpha value is -2.72. The minimum Gasteiger partial charge on any atom is -0.490 e. The molecule has 0 radical (unpaired) electrons. The van der Waals surface area contributed by atoms with E-state index in [0.717, 1.165) is 10.9 Å². The van der Waals surface area contributed by atoms with Crippen LogP contribution < -0.4 is 15.0 Å². The zero-order chi connectivity index (χ0) is 25.5. The maximum atomic E-state index is 13.2. The van der Waals surface area contributed by atoms with Crippen molar-refractivity contribution in [2.24, 2.45) is 5.10 Å². The predicted molar refractivity (Wildman–Crippen MR) is 143 cm³/mol. The molecular formula is C25H27Br2N3O5. The van der Waals surface area contributed by atoms with Crippen LogP contribution in [0.1, 0.15) is 45.5 Å². The van der Waals surface area contributed by atoms with E-state index in [-0.39, 0.29) is 12.2 Å². The molecule has 0 aliphatic rings. The van der Waals surface area contributed by atoms with Crippen LogP contribution in [0.25, 0.3) is 10.9 Å². The largest absolute Gasteiger partial charge is 0.490 e. The summed E-state index contributed by atoms with van der Waals surface area (Å²) in [6, 6.07) is 8.85. The van der Waals surface area contributed by atoms with Crippen molar-refractivity contribution in [3.63, 3.8) is 0 Å². The first kappa shape index (κ1) is 26.9. The molecule has 0 bridgehead atoms. The Labute approximate surface area is 220 Å². The molecule has 0 spiro atoms. The fraction of sp³-hybridized carbons (Fsp3) is 0.360. The molecule has 35 heavy (non-hydrogen) atoms. The van der Waals surface area contributed by atoms with Gasteiger partial charge in [0.25, 0.3) is 5.56 Å².